The van der Waals surface area contributed by atoms with Crippen LogP contribution in [0.3, 0.4) is 0 Å². The van der Waals surface area contributed by atoms with E-state index in [-0.39, 0.29) is 29.8 Å². The number of aliphatic hydroxyl groups is 2. The summed E-state index contributed by atoms with van der Waals surface area (Å²) in [6, 6.07) is 0. The highest BCUT2D eigenvalue weighted by molar-refractivity contribution is 5.93. The van der Waals surface area contributed by atoms with Crippen molar-refractivity contribution in [3.8, 4) is 0 Å². The van der Waals surface area contributed by atoms with Crippen molar-refractivity contribution >= 4 is 11.6 Å². The molecule has 0 spiro atoms. The third kappa shape index (κ3) is 2.05. The number of carbonyl (C=O) groups excluding carboxylic acids is 2. The maximum absolute atomic E-state index is 16.9. The predicted octanol–water partition coefficient (Wildman–Crippen LogP) is 3.15. The van der Waals surface area contributed by atoms with Gasteiger partial charge in [-0.3, -0.25) is 9.59 Å². The molecule has 0 radical (unpaired) electrons. The van der Waals surface area contributed by atoms with E-state index in [2.05, 4.69) is 0 Å². The van der Waals surface area contributed by atoms with Gasteiger partial charge in [-0.15, -0.1) is 0 Å². The molecule has 0 amide bonds. The highest BCUT2D eigenvalue weighted by Gasteiger charge is 2.74. The molecule has 0 aromatic rings. The second-order valence-corrected chi connectivity index (χ2v) is 10.1. The van der Waals surface area contributed by atoms with Crippen LogP contribution < -0.4 is 0 Å². The lowest BCUT2D eigenvalue weighted by Crippen LogP contribution is -2.69. The lowest BCUT2D eigenvalue weighted by atomic mass is 9.43. The molecule has 0 heterocycles. The Morgan fingerprint density at radius 1 is 1.22 bits per heavy atom. The van der Waals surface area contributed by atoms with E-state index in [0.29, 0.717) is 32.1 Å². The molecule has 0 aromatic heterocycles. The Hall–Kier alpha value is -1.07. The van der Waals surface area contributed by atoms with Crippen LogP contribution in [0.1, 0.15) is 66.2 Å². The van der Waals surface area contributed by atoms with Gasteiger partial charge in [0.15, 0.2) is 11.6 Å². The lowest BCUT2D eigenvalue weighted by Gasteiger charge is -2.63. The van der Waals surface area contributed by atoms with Crippen molar-refractivity contribution in [2.75, 3.05) is 0 Å². The van der Waals surface area contributed by atoms with Crippen LogP contribution in [0.5, 0.6) is 0 Å². The molecule has 27 heavy (non-hydrogen) atoms. The zero-order valence-electron chi connectivity index (χ0n) is 16.7. The number of rotatable bonds is 1. The number of hydrogen-bond acceptors (Lipinski definition) is 4. The Morgan fingerprint density at radius 3 is 2.52 bits per heavy atom. The molecule has 4 rings (SSSR count). The first-order valence-corrected chi connectivity index (χ1v) is 10.3. The Balaban J connectivity index is 1.82. The summed E-state index contributed by atoms with van der Waals surface area (Å²) in [5.74, 6) is -1.06. The predicted molar refractivity (Wildman–Crippen MR) is 98.6 cm³/mol. The molecule has 3 fully saturated rings. The highest BCUT2D eigenvalue weighted by atomic mass is 19.1. The average Bonchev–Trinajstić information content (AvgIpc) is 2.84. The van der Waals surface area contributed by atoms with Crippen LogP contribution >= 0.6 is 0 Å². The van der Waals surface area contributed by atoms with Gasteiger partial charge in [0.05, 0.1) is 6.10 Å². The molecule has 8 atom stereocenters. The third-order valence-corrected chi connectivity index (χ3v) is 9.09. The van der Waals surface area contributed by atoms with E-state index in [4.69, 9.17) is 0 Å². The molecule has 3 saturated carbocycles. The Kier molecular flexibility index (Phi) is 3.93. The lowest BCUT2D eigenvalue weighted by molar-refractivity contribution is -0.227. The number of ketones is 2. The summed E-state index contributed by atoms with van der Waals surface area (Å²) < 4.78 is 16.9. The Labute approximate surface area is 160 Å². The van der Waals surface area contributed by atoms with Gasteiger partial charge < -0.3 is 10.2 Å². The van der Waals surface area contributed by atoms with Crippen LogP contribution in [0.2, 0.25) is 0 Å². The van der Waals surface area contributed by atoms with Gasteiger partial charge in [-0.25, -0.2) is 4.39 Å². The van der Waals surface area contributed by atoms with Crippen molar-refractivity contribution in [2.24, 2.45) is 28.6 Å². The fraction of sp³-hybridized carbons (Fsp3) is 0.818. The molecular weight excluding hydrogens is 347 g/mol. The van der Waals surface area contributed by atoms with Gasteiger partial charge >= 0.3 is 0 Å². The normalized spacial score (nSPS) is 54.6. The summed E-state index contributed by atoms with van der Waals surface area (Å²) >= 11 is 0. The number of fused-ring (bicyclic) bond motifs is 5. The maximum Gasteiger partial charge on any atom is 0.161 e. The largest absolute Gasteiger partial charge is 0.390 e. The minimum atomic E-state index is -1.84. The number of carbonyl (C=O) groups is 2. The third-order valence-electron chi connectivity index (χ3n) is 9.09. The van der Waals surface area contributed by atoms with Crippen molar-refractivity contribution in [1.82, 2.24) is 0 Å². The number of hydrogen-bond donors (Lipinski definition) is 2. The number of Topliss-reactive ketones (excluding diaryl/α,β-unsaturated/α-hetero) is 1. The standard InChI is InChI=1S/C22H31FO4/c1-12-10-19(3)14(9-17(12)25)5-6-16-15-7-8-21(27,13(2)24)20(15,4)11-18(26)22(16,19)23/h9,12,15-16,18,26-27H,5-8,10-11H2,1-4H3/t12-,15+,16+,18+,19+,20+,21+,22+/m1/s1. The second kappa shape index (κ2) is 5.50. The van der Waals surface area contributed by atoms with E-state index in [1.165, 1.54) is 6.92 Å². The van der Waals surface area contributed by atoms with E-state index < -0.39 is 34.1 Å². The first-order valence-electron chi connectivity index (χ1n) is 10.3. The molecule has 5 heteroatoms. The molecular formula is C22H31FO4. The number of halogens is 1. The number of allylic oxidation sites excluding steroid dienone is 1. The quantitative estimate of drug-likeness (QED) is 0.735. The van der Waals surface area contributed by atoms with Crippen LogP contribution in [0.15, 0.2) is 11.6 Å². The summed E-state index contributed by atoms with van der Waals surface area (Å²) in [4.78, 5) is 24.5. The summed E-state index contributed by atoms with van der Waals surface area (Å²) in [5.41, 5.74) is -4.19. The molecule has 4 nitrogen and oxygen atoms in total. The summed E-state index contributed by atoms with van der Waals surface area (Å²) in [6.07, 6.45) is 2.95. The van der Waals surface area contributed by atoms with Gasteiger partial charge in [-0.1, -0.05) is 26.3 Å². The smallest absolute Gasteiger partial charge is 0.161 e. The Bertz CT molecular complexity index is 747. The average molecular weight is 378 g/mol. The number of aliphatic hydroxyl groups excluding tert-OH is 1. The first kappa shape index (κ1) is 19.3. The van der Waals surface area contributed by atoms with Gasteiger partial charge in [-0.05, 0) is 57.4 Å². The highest BCUT2D eigenvalue weighted by Crippen LogP contribution is 2.70. The summed E-state index contributed by atoms with van der Waals surface area (Å²) in [6.45, 7) is 6.95. The molecule has 4 aliphatic carbocycles. The summed E-state index contributed by atoms with van der Waals surface area (Å²) in [5, 5.41) is 22.3. The molecule has 4 aliphatic rings. The van der Waals surface area contributed by atoms with Gasteiger partial charge in [0.1, 0.15) is 11.3 Å². The van der Waals surface area contributed by atoms with E-state index in [1.807, 2.05) is 20.8 Å². The Morgan fingerprint density at radius 2 is 1.89 bits per heavy atom. The van der Waals surface area contributed by atoms with Crippen molar-refractivity contribution < 1.29 is 24.2 Å². The number of alkyl halides is 1. The van der Waals surface area contributed by atoms with Crippen LogP contribution in [0, 0.1) is 28.6 Å². The topological polar surface area (TPSA) is 74.6 Å². The first-order chi connectivity index (χ1) is 12.4. The van der Waals surface area contributed by atoms with Crippen LogP contribution in [0.25, 0.3) is 0 Å². The zero-order chi connectivity index (χ0) is 20.0. The minimum absolute atomic E-state index is 0.0477. The van der Waals surface area contributed by atoms with Gasteiger partial charge in [0, 0.05) is 22.7 Å². The van der Waals surface area contributed by atoms with E-state index in [0.717, 1.165) is 5.57 Å². The van der Waals surface area contributed by atoms with Crippen molar-refractivity contribution in [3.63, 3.8) is 0 Å². The molecule has 150 valence electrons. The second-order valence-electron chi connectivity index (χ2n) is 10.1. The molecule has 2 N–H and O–H groups in total. The molecule has 0 saturated heterocycles. The van der Waals surface area contributed by atoms with Crippen LogP contribution in [-0.2, 0) is 9.59 Å². The summed E-state index contributed by atoms with van der Waals surface area (Å²) in [7, 11) is 0. The van der Waals surface area contributed by atoms with Crippen molar-refractivity contribution in [3.05, 3.63) is 11.6 Å². The van der Waals surface area contributed by atoms with Crippen LogP contribution in [-0.4, -0.2) is 39.2 Å². The fourth-order valence-corrected chi connectivity index (χ4v) is 7.48. The molecule has 0 unspecified atom stereocenters. The zero-order valence-corrected chi connectivity index (χ0v) is 16.7. The van der Waals surface area contributed by atoms with Gasteiger partial charge in [0.25, 0.3) is 0 Å². The SMILES string of the molecule is CC(=O)[C@@]1(O)CC[C@H]2[C@@H]3CCC4=CC(=O)[C@H](C)C[C@]4(C)[C@@]3(F)[C@@H](O)C[C@@]21C. The fourth-order valence-electron chi connectivity index (χ4n) is 7.48. The van der Waals surface area contributed by atoms with Crippen LogP contribution in [0.4, 0.5) is 4.39 Å². The van der Waals surface area contributed by atoms with E-state index >= 15 is 4.39 Å². The van der Waals surface area contributed by atoms with Crippen molar-refractivity contribution in [1.29, 1.82) is 0 Å². The molecule has 0 aromatic carbocycles. The van der Waals surface area contributed by atoms with Gasteiger partial charge in [0.2, 0.25) is 0 Å². The van der Waals surface area contributed by atoms with Crippen molar-refractivity contribution in [2.45, 2.75) is 83.6 Å². The van der Waals surface area contributed by atoms with Gasteiger partial charge in [-0.2, -0.15) is 0 Å². The molecule has 0 aliphatic heterocycles. The molecule has 0 bridgehead atoms. The minimum Gasteiger partial charge on any atom is -0.390 e. The maximum atomic E-state index is 16.9. The van der Waals surface area contributed by atoms with E-state index in [1.54, 1.807) is 6.08 Å². The monoisotopic (exact) mass is 378 g/mol. The van der Waals surface area contributed by atoms with E-state index in [9.17, 15) is 19.8 Å².